The molecule has 4 aromatic rings. The molecule has 0 unspecified atom stereocenters. The van der Waals surface area contributed by atoms with E-state index in [1.54, 1.807) is 12.1 Å². The molecule has 1 N–H and O–H groups in total. The van der Waals surface area contributed by atoms with Gasteiger partial charge in [-0.3, -0.25) is 4.79 Å². The fraction of sp³-hybridized carbons (Fsp3) is 0.0526. The molecule has 2 aromatic heterocycles. The summed E-state index contributed by atoms with van der Waals surface area (Å²) < 4.78 is 54.4. The number of fused-ring (bicyclic) bond motifs is 1. The van der Waals surface area contributed by atoms with Gasteiger partial charge in [-0.2, -0.15) is 22.7 Å². The Morgan fingerprint density at radius 1 is 1.03 bits per heavy atom. The lowest BCUT2D eigenvalue weighted by Crippen LogP contribution is -2.16. The number of para-hydroxylation sites is 1. The van der Waals surface area contributed by atoms with Crippen molar-refractivity contribution in [2.75, 3.05) is 5.32 Å². The largest absolute Gasteiger partial charge is 0.433 e. The molecule has 11 heteroatoms. The van der Waals surface area contributed by atoms with Crippen molar-refractivity contribution in [3.8, 4) is 11.3 Å². The van der Waals surface area contributed by atoms with Crippen LogP contribution < -0.4 is 5.32 Å². The molecule has 0 aliphatic rings. The highest BCUT2D eigenvalue weighted by atomic mass is 35.5. The van der Waals surface area contributed by atoms with Crippen LogP contribution in [0.4, 0.5) is 23.2 Å². The fourth-order valence-corrected chi connectivity index (χ4v) is 2.86. The van der Waals surface area contributed by atoms with Crippen LogP contribution in [0.25, 0.3) is 17.0 Å². The molecule has 0 radical (unpaired) electrons. The lowest BCUT2D eigenvalue weighted by molar-refractivity contribution is -0.142. The Kier molecular flexibility index (Phi) is 4.86. The number of carbonyl (C=O) groups excluding carboxylic acids is 1. The second kappa shape index (κ2) is 7.38. The summed E-state index contributed by atoms with van der Waals surface area (Å²) in [6, 6.07) is 11.8. The van der Waals surface area contributed by atoms with Crippen LogP contribution >= 0.6 is 11.6 Å². The number of anilines is 1. The first kappa shape index (κ1) is 19.8. The lowest BCUT2D eigenvalue weighted by Gasteiger charge is -2.10. The van der Waals surface area contributed by atoms with Gasteiger partial charge in [-0.25, -0.2) is 9.37 Å². The van der Waals surface area contributed by atoms with Gasteiger partial charge in [0.25, 0.3) is 11.7 Å². The van der Waals surface area contributed by atoms with E-state index < -0.39 is 35.2 Å². The van der Waals surface area contributed by atoms with E-state index in [9.17, 15) is 22.4 Å². The third kappa shape index (κ3) is 3.81. The molecule has 30 heavy (non-hydrogen) atoms. The van der Waals surface area contributed by atoms with E-state index in [1.165, 1.54) is 24.3 Å². The Labute approximate surface area is 171 Å². The molecule has 0 spiro atoms. The van der Waals surface area contributed by atoms with Crippen molar-refractivity contribution in [3.63, 3.8) is 0 Å². The monoisotopic (exact) mass is 435 g/mol. The zero-order valence-corrected chi connectivity index (χ0v) is 15.5. The van der Waals surface area contributed by atoms with Crippen molar-refractivity contribution in [3.05, 3.63) is 77.0 Å². The molecule has 0 aliphatic heterocycles. The third-order valence-electron chi connectivity index (χ3n) is 4.07. The highest BCUT2D eigenvalue weighted by Crippen LogP contribution is 2.32. The Morgan fingerprint density at radius 3 is 2.40 bits per heavy atom. The Balaban J connectivity index is 1.80. The minimum atomic E-state index is -4.81. The lowest BCUT2D eigenvalue weighted by atomic mass is 10.1. The van der Waals surface area contributed by atoms with Crippen LogP contribution in [0, 0.1) is 5.82 Å². The quantitative estimate of drug-likeness (QED) is 0.467. The average molecular weight is 436 g/mol. The predicted molar refractivity (Wildman–Crippen MR) is 101 cm³/mol. The van der Waals surface area contributed by atoms with Crippen molar-refractivity contribution >= 4 is 29.0 Å². The summed E-state index contributed by atoms with van der Waals surface area (Å²) in [5.74, 6) is -2.36. The summed E-state index contributed by atoms with van der Waals surface area (Å²) in [6.07, 6.45) is -4.81. The van der Waals surface area contributed by atoms with Gasteiger partial charge in [0.1, 0.15) is 5.82 Å². The number of alkyl halides is 3. The van der Waals surface area contributed by atoms with Crippen LogP contribution in [0.1, 0.15) is 16.3 Å². The molecule has 0 fully saturated rings. The molecule has 0 atom stereocenters. The number of carbonyl (C=O) groups is 1. The third-order valence-corrected chi connectivity index (χ3v) is 4.40. The molecule has 0 saturated carbocycles. The number of nitrogens with one attached hydrogen (secondary N) is 1. The molecule has 6 nitrogen and oxygen atoms in total. The van der Waals surface area contributed by atoms with E-state index in [0.717, 1.165) is 18.2 Å². The van der Waals surface area contributed by atoms with Gasteiger partial charge in [0.05, 0.1) is 16.4 Å². The summed E-state index contributed by atoms with van der Waals surface area (Å²) in [6.45, 7) is 0. The Bertz CT molecular complexity index is 1250. The summed E-state index contributed by atoms with van der Waals surface area (Å²) in [5, 5.41) is 6.34. The van der Waals surface area contributed by atoms with E-state index in [2.05, 4.69) is 20.4 Å². The number of halogens is 5. The van der Waals surface area contributed by atoms with E-state index in [4.69, 9.17) is 11.6 Å². The minimum Gasteiger partial charge on any atom is -0.318 e. The smallest absolute Gasteiger partial charge is 0.318 e. The minimum absolute atomic E-state index is 0.0970. The molecule has 2 heterocycles. The second-order valence-electron chi connectivity index (χ2n) is 6.11. The highest BCUT2D eigenvalue weighted by molar-refractivity contribution is 6.33. The molecule has 0 aliphatic carbocycles. The number of benzene rings is 2. The number of rotatable bonds is 3. The summed E-state index contributed by atoms with van der Waals surface area (Å²) in [4.78, 5) is 20.3. The average Bonchev–Trinajstić information content (AvgIpc) is 3.13. The molecule has 4 rings (SSSR count). The maximum Gasteiger partial charge on any atom is 0.433 e. The zero-order valence-electron chi connectivity index (χ0n) is 14.8. The highest BCUT2D eigenvalue weighted by Gasteiger charge is 2.36. The van der Waals surface area contributed by atoms with Crippen molar-refractivity contribution in [1.29, 1.82) is 0 Å². The normalized spacial score (nSPS) is 11.6. The first-order valence-electron chi connectivity index (χ1n) is 8.39. The van der Waals surface area contributed by atoms with E-state index in [-0.39, 0.29) is 22.0 Å². The predicted octanol–water partition coefficient (Wildman–Crippen LogP) is 4.85. The molecule has 1 amide bonds. The maximum atomic E-state index is 13.6. The number of aromatic nitrogens is 4. The molecule has 2 aromatic carbocycles. The van der Waals surface area contributed by atoms with Crippen molar-refractivity contribution in [2.45, 2.75) is 6.18 Å². The number of nitrogens with zero attached hydrogens (tertiary/aromatic N) is 4. The SMILES string of the molecule is O=C(Nc1ccccc1Cl)c1nc2nc(-c3ccc(F)cc3)cc(C(F)(F)F)n2n1. The standard InChI is InChI=1S/C19H10ClF4N5O/c20-12-3-1-2-4-13(12)25-17(30)16-27-18-26-14(10-5-7-11(21)8-6-10)9-15(19(22,23)24)29(18)28-16/h1-9H,(H,25,30). The topological polar surface area (TPSA) is 72.2 Å². The molecular formula is C19H10ClF4N5O. The number of hydrogen-bond acceptors (Lipinski definition) is 4. The summed E-state index contributed by atoms with van der Waals surface area (Å²) in [7, 11) is 0. The van der Waals surface area contributed by atoms with Crippen molar-refractivity contribution < 1.29 is 22.4 Å². The van der Waals surface area contributed by atoms with Crippen molar-refractivity contribution in [2.24, 2.45) is 0 Å². The Hall–Kier alpha value is -3.53. The van der Waals surface area contributed by atoms with Gasteiger partial charge in [-0.1, -0.05) is 23.7 Å². The van der Waals surface area contributed by atoms with Gasteiger partial charge in [0, 0.05) is 5.56 Å². The first-order valence-corrected chi connectivity index (χ1v) is 8.77. The Morgan fingerprint density at radius 2 is 1.73 bits per heavy atom. The van der Waals surface area contributed by atoms with Gasteiger partial charge in [-0.05, 0) is 42.5 Å². The van der Waals surface area contributed by atoms with Crippen LogP contribution in [-0.2, 0) is 6.18 Å². The van der Waals surface area contributed by atoms with Gasteiger partial charge < -0.3 is 5.32 Å². The fourth-order valence-electron chi connectivity index (χ4n) is 2.68. The second-order valence-corrected chi connectivity index (χ2v) is 6.52. The van der Waals surface area contributed by atoms with E-state index in [1.807, 2.05) is 0 Å². The van der Waals surface area contributed by atoms with E-state index in [0.29, 0.717) is 4.52 Å². The first-order chi connectivity index (χ1) is 14.2. The number of hydrogen-bond donors (Lipinski definition) is 1. The van der Waals surface area contributed by atoms with Gasteiger partial charge in [0.2, 0.25) is 5.82 Å². The molecular weight excluding hydrogens is 426 g/mol. The molecule has 0 bridgehead atoms. The zero-order chi connectivity index (χ0) is 21.5. The van der Waals surface area contributed by atoms with Crippen LogP contribution in [0.3, 0.4) is 0 Å². The van der Waals surface area contributed by atoms with Gasteiger partial charge in [0.15, 0.2) is 5.69 Å². The molecule has 0 saturated heterocycles. The summed E-state index contributed by atoms with van der Waals surface area (Å²) >= 11 is 5.97. The van der Waals surface area contributed by atoms with Crippen LogP contribution in [0.5, 0.6) is 0 Å². The summed E-state index contributed by atoms with van der Waals surface area (Å²) in [5.41, 5.74) is -0.787. The van der Waals surface area contributed by atoms with Crippen LogP contribution in [-0.4, -0.2) is 25.5 Å². The van der Waals surface area contributed by atoms with Crippen molar-refractivity contribution in [1.82, 2.24) is 19.6 Å². The molecule has 152 valence electrons. The van der Waals surface area contributed by atoms with Crippen LogP contribution in [0.15, 0.2) is 54.6 Å². The maximum absolute atomic E-state index is 13.6. The van der Waals surface area contributed by atoms with Crippen LogP contribution in [0.2, 0.25) is 5.02 Å². The van der Waals surface area contributed by atoms with E-state index >= 15 is 0 Å². The van der Waals surface area contributed by atoms with Gasteiger partial charge >= 0.3 is 6.18 Å². The number of amides is 1. The van der Waals surface area contributed by atoms with Gasteiger partial charge in [-0.15, -0.1) is 5.10 Å².